The topological polar surface area (TPSA) is 68.5 Å². The molecular weight excluding hydrogens is 266 g/mol. The fraction of sp³-hybridized carbons (Fsp3) is 0.250. The molecule has 0 aliphatic carbocycles. The zero-order valence-electron chi connectivity index (χ0n) is 12.2. The first-order valence-corrected chi connectivity index (χ1v) is 6.79. The highest BCUT2D eigenvalue weighted by Crippen LogP contribution is 2.15. The van der Waals surface area contributed by atoms with Crippen molar-refractivity contribution in [3.05, 3.63) is 53.7 Å². The number of hydrogen-bond acceptors (Lipinski definition) is 5. The lowest BCUT2D eigenvalue weighted by molar-refractivity contribution is 0.0526. The van der Waals surface area contributed by atoms with Crippen molar-refractivity contribution < 1.29 is 9.53 Å². The van der Waals surface area contributed by atoms with Crippen LogP contribution >= 0.6 is 0 Å². The van der Waals surface area contributed by atoms with Gasteiger partial charge >= 0.3 is 5.97 Å². The Labute approximate surface area is 124 Å². The lowest BCUT2D eigenvalue weighted by atomic mass is 10.2. The average Bonchev–Trinajstić information content (AvgIpc) is 2.47. The number of rotatable bonds is 5. The first-order chi connectivity index (χ1) is 10.1. The summed E-state index contributed by atoms with van der Waals surface area (Å²) in [7, 11) is 1.94. The molecule has 1 aromatic carbocycles. The van der Waals surface area contributed by atoms with Crippen LogP contribution in [-0.4, -0.2) is 24.6 Å². The van der Waals surface area contributed by atoms with Gasteiger partial charge in [0.1, 0.15) is 5.82 Å². The molecule has 2 aromatic rings. The number of hydrogen-bond donors (Lipinski definition) is 1. The van der Waals surface area contributed by atoms with E-state index in [0.717, 1.165) is 17.1 Å². The third-order valence-corrected chi connectivity index (χ3v) is 3.02. The Morgan fingerprint density at radius 1 is 1.33 bits per heavy atom. The molecule has 1 aromatic heterocycles. The quantitative estimate of drug-likeness (QED) is 0.675. The fourth-order valence-electron chi connectivity index (χ4n) is 1.99. The van der Waals surface area contributed by atoms with E-state index < -0.39 is 0 Å². The van der Waals surface area contributed by atoms with Crippen LogP contribution < -0.4 is 10.6 Å². The zero-order valence-corrected chi connectivity index (χ0v) is 12.2. The van der Waals surface area contributed by atoms with Gasteiger partial charge in [-0.25, -0.2) is 9.78 Å². The van der Waals surface area contributed by atoms with Gasteiger partial charge in [-0.05, 0) is 36.8 Å². The Kier molecular flexibility index (Phi) is 4.77. The highest BCUT2D eigenvalue weighted by Gasteiger charge is 2.09. The van der Waals surface area contributed by atoms with Gasteiger partial charge < -0.3 is 15.4 Å². The second-order valence-electron chi connectivity index (χ2n) is 4.73. The number of nitrogen functional groups attached to an aromatic ring is 1. The molecule has 1 heterocycles. The fourth-order valence-corrected chi connectivity index (χ4v) is 1.99. The average molecular weight is 285 g/mol. The second kappa shape index (κ2) is 6.74. The molecule has 0 radical (unpaired) electrons. The van der Waals surface area contributed by atoms with Crippen molar-refractivity contribution in [1.82, 2.24) is 4.98 Å². The predicted molar refractivity (Wildman–Crippen MR) is 83.2 cm³/mol. The summed E-state index contributed by atoms with van der Waals surface area (Å²) >= 11 is 0. The zero-order chi connectivity index (χ0) is 15.2. The van der Waals surface area contributed by atoms with E-state index in [0.29, 0.717) is 18.7 Å². The first kappa shape index (κ1) is 14.8. The van der Waals surface area contributed by atoms with Crippen LogP contribution in [0.1, 0.15) is 22.8 Å². The van der Waals surface area contributed by atoms with E-state index in [1.807, 2.05) is 36.2 Å². The molecule has 0 saturated heterocycles. The third kappa shape index (κ3) is 3.95. The van der Waals surface area contributed by atoms with Crippen LogP contribution in [0.25, 0.3) is 0 Å². The van der Waals surface area contributed by atoms with Crippen LogP contribution in [0.2, 0.25) is 0 Å². The SMILES string of the molecule is CCOC(=O)c1ccc(N(C)Cc2cccc(N)c2)nc1. The molecule has 5 nitrogen and oxygen atoms in total. The van der Waals surface area contributed by atoms with Gasteiger partial charge in [0, 0.05) is 25.5 Å². The molecule has 5 heteroatoms. The molecular formula is C16H19N3O2. The Morgan fingerprint density at radius 2 is 2.14 bits per heavy atom. The number of carbonyl (C=O) groups is 1. The molecule has 2 rings (SSSR count). The Hall–Kier alpha value is -2.56. The summed E-state index contributed by atoms with van der Waals surface area (Å²) < 4.78 is 4.93. The van der Waals surface area contributed by atoms with Crippen molar-refractivity contribution in [2.24, 2.45) is 0 Å². The lowest BCUT2D eigenvalue weighted by Gasteiger charge is -2.18. The highest BCUT2D eigenvalue weighted by atomic mass is 16.5. The van der Waals surface area contributed by atoms with Crippen molar-refractivity contribution in [3.63, 3.8) is 0 Å². The largest absolute Gasteiger partial charge is 0.462 e. The van der Waals surface area contributed by atoms with Crippen LogP contribution in [0, 0.1) is 0 Å². The number of anilines is 2. The summed E-state index contributed by atoms with van der Waals surface area (Å²) in [5.74, 6) is 0.431. The molecule has 0 aliphatic rings. The van der Waals surface area contributed by atoms with Gasteiger partial charge in [-0.2, -0.15) is 0 Å². The number of ether oxygens (including phenoxy) is 1. The summed E-state index contributed by atoms with van der Waals surface area (Å²) in [6.45, 7) is 2.83. The van der Waals surface area contributed by atoms with Gasteiger partial charge in [0.05, 0.1) is 12.2 Å². The maximum Gasteiger partial charge on any atom is 0.339 e. The molecule has 110 valence electrons. The maximum absolute atomic E-state index is 11.6. The Bertz CT molecular complexity index is 611. The lowest BCUT2D eigenvalue weighted by Crippen LogP contribution is -2.18. The molecule has 0 saturated carbocycles. The van der Waals surface area contributed by atoms with Gasteiger partial charge in [0.15, 0.2) is 0 Å². The van der Waals surface area contributed by atoms with Crippen LogP contribution in [-0.2, 0) is 11.3 Å². The number of aromatic nitrogens is 1. The molecule has 0 unspecified atom stereocenters. The molecule has 2 N–H and O–H groups in total. The van der Waals surface area contributed by atoms with E-state index in [2.05, 4.69) is 4.98 Å². The third-order valence-electron chi connectivity index (χ3n) is 3.02. The van der Waals surface area contributed by atoms with Crippen LogP contribution in [0.4, 0.5) is 11.5 Å². The molecule has 0 spiro atoms. The van der Waals surface area contributed by atoms with E-state index in [-0.39, 0.29) is 5.97 Å². The minimum absolute atomic E-state index is 0.352. The Balaban J connectivity index is 2.06. The van der Waals surface area contributed by atoms with Gasteiger partial charge in [-0.3, -0.25) is 0 Å². The molecule has 21 heavy (non-hydrogen) atoms. The van der Waals surface area contributed by atoms with E-state index in [1.54, 1.807) is 19.1 Å². The number of nitrogens with zero attached hydrogens (tertiary/aromatic N) is 2. The first-order valence-electron chi connectivity index (χ1n) is 6.79. The molecule has 0 amide bonds. The predicted octanol–water partition coefficient (Wildman–Crippen LogP) is 2.48. The number of nitrogens with two attached hydrogens (primary N) is 1. The van der Waals surface area contributed by atoms with Gasteiger partial charge in [0.2, 0.25) is 0 Å². The van der Waals surface area contributed by atoms with E-state index in [1.165, 1.54) is 6.20 Å². The van der Waals surface area contributed by atoms with Crippen molar-refractivity contribution in [2.45, 2.75) is 13.5 Å². The van der Waals surface area contributed by atoms with Crippen molar-refractivity contribution in [1.29, 1.82) is 0 Å². The standard InChI is InChI=1S/C16H19N3O2/c1-3-21-16(20)13-7-8-15(18-10-13)19(2)11-12-5-4-6-14(17)9-12/h4-10H,3,11,17H2,1-2H3. The van der Waals surface area contributed by atoms with Crippen molar-refractivity contribution >= 4 is 17.5 Å². The van der Waals surface area contributed by atoms with Gasteiger partial charge in [-0.1, -0.05) is 12.1 Å². The van der Waals surface area contributed by atoms with Crippen LogP contribution in [0.3, 0.4) is 0 Å². The van der Waals surface area contributed by atoms with Crippen molar-refractivity contribution in [2.75, 3.05) is 24.3 Å². The number of benzene rings is 1. The minimum Gasteiger partial charge on any atom is -0.462 e. The Morgan fingerprint density at radius 3 is 2.76 bits per heavy atom. The molecule has 0 aliphatic heterocycles. The number of esters is 1. The van der Waals surface area contributed by atoms with Gasteiger partial charge in [-0.15, -0.1) is 0 Å². The normalized spacial score (nSPS) is 10.2. The smallest absolute Gasteiger partial charge is 0.339 e. The molecule has 0 bridgehead atoms. The summed E-state index contributed by atoms with van der Waals surface area (Å²) in [5, 5.41) is 0. The maximum atomic E-state index is 11.6. The summed E-state index contributed by atoms with van der Waals surface area (Å²) in [5.41, 5.74) is 8.07. The molecule has 0 fully saturated rings. The number of carbonyl (C=O) groups excluding carboxylic acids is 1. The van der Waals surface area contributed by atoms with Crippen LogP contribution in [0.5, 0.6) is 0 Å². The van der Waals surface area contributed by atoms with E-state index in [4.69, 9.17) is 10.5 Å². The van der Waals surface area contributed by atoms with Gasteiger partial charge in [0.25, 0.3) is 0 Å². The summed E-state index contributed by atoms with van der Waals surface area (Å²) in [4.78, 5) is 17.8. The second-order valence-corrected chi connectivity index (χ2v) is 4.73. The highest BCUT2D eigenvalue weighted by molar-refractivity contribution is 5.89. The minimum atomic E-state index is -0.352. The monoisotopic (exact) mass is 285 g/mol. The van der Waals surface area contributed by atoms with E-state index in [9.17, 15) is 4.79 Å². The van der Waals surface area contributed by atoms with E-state index >= 15 is 0 Å². The van der Waals surface area contributed by atoms with Crippen LogP contribution in [0.15, 0.2) is 42.6 Å². The molecule has 0 atom stereocenters. The summed E-state index contributed by atoms with van der Waals surface area (Å²) in [6.07, 6.45) is 1.53. The van der Waals surface area contributed by atoms with Crippen molar-refractivity contribution in [3.8, 4) is 0 Å². The summed E-state index contributed by atoms with van der Waals surface area (Å²) in [6, 6.07) is 11.3. The number of pyridine rings is 1.